The van der Waals surface area contributed by atoms with Gasteiger partial charge in [0, 0.05) is 45.2 Å². The number of hydrogen-bond acceptors (Lipinski definition) is 4. The number of piperidine rings is 1. The molecule has 120 valence electrons. The molecule has 2 heterocycles. The molecule has 2 N–H and O–H groups in total. The number of nitrogens with two attached hydrogens (primary N) is 1. The lowest BCUT2D eigenvalue weighted by Crippen LogP contribution is -2.40. The number of rotatable bonds is 8. The summed E-state index contributed by atoms with van der Waals surface area (Å²) >= 11 is 0. The van der Waals surface area contributed by atoms with Crippen LogP contribution in [0.3, 0.4) is 0 Å². The minimum absolute atomic E-state index is 0.154. The molecule has 1 fully saturated rings. The van der Waals surface area contributed by atoms with Gasteiger partial charge in [0.25, 0.3) is 0 Å². The summed E-state index contributed by atoms with van der Waals surface area (Å²) in [5, 5.41) is 8.12. The molecule has 2 amide bonds. The quantitative estimate of drug-likeness (QED) is 0.693. The molecule has 2 rings (SSSR count). The third-order valence-electron chi connectivity index (χ3n) is 4.46. The molecular formula is C16H24N4O2. The molecule has 22 heavy (non-hydrogen) atoms. The smallest absolute Gasteiger partial charge is 0.222 e. The number of primary amides is 1. The van der Waals surface area contributed by atoms with Gasteiger partial charge >= 0.3 is 0 Å². The Morgan fingerprint density at radius 1 is 1.32 bits per heavy atom. The van der Waals surface area contributed by atoms with Crippen LogP contribution in [0.25, 0.3) is 0 Å². The second-order valence-electron chi connectivity index (χ2n) is 6.24. The van der Waals surface area contributed by atoms with E-state index in [-0.39, 0.29) is 17.5 Å². The van der Waals surface area contributed by atoms with Gasteiger partial charge < -0.3 is 10.6 Å². The van der Waals surface area contributed by atoms with Gasteiger partial charge in [-0.3, -0.25) is 9.59 Å². The van der Waals surface area contributed by atoms with Crippen molar-refractivity contribution in [1.29, 1.82) is 0 Å². The molecule has 1 atom stereocenters. The fourth-order valence-electron chi connectivity index (χ4n) is 3.01. The highest BCUT2D eigenvalue weighted by Gasteiger charge is 2.39. The molecule has 0 aliphatic carbocycles. The predicted octanol–water partition coefficient (Wildman–Crippen LogP) is 1.85. The van der Waals surface area contributed by atoms with Crippen molar-refractivity contribution in [1.82, 2.24) is 4.90 Å². The van der Waals surface area contributed by atoms with Crippen molar-refractivity contribution in [3.63, 3.8) is 0 Å². The van der Waals surface area contributed by atoms with Gasteiger partial charge in [-0.25, -0.2) is 0 Å². The first kappa shape index (κ1) is 16.5. The van der Waals surface area contributed by atoms with Gasteiger partial charge in [-0.2, -0.15) is 10.2 Å². The monoisotopic (exact) mass is 304 g/mol. The maximum absolute atomic E-state index is 12.3. The molecular weight excluding hydrogens is 280 g/mol. The minimum Gasteiger partial charge on any atom is -0.370 e. The lowest BCUT2D eigenvalue weighted by atomic mass is 9.92. The van der Waals surface area contributed by atoms with Crippen molar-refractivity contribution in [2.75, 3.05) is 13.1 Å². The predicted molar refractivity (Wildman–Crippen MR) is 82.6 cm³/mol. The van der Waals surface area contributed by atoms with Crippen molar-refractivity contribution >= 4 is 11.8 Å². The Bertz CT molecular complexity index is 489. The summed E-state index contributed by atoms with van der Waals surface area (Å²) in [5.41, 5.74) is 4.81. The van der Waals surface area contributed by atoms with Crippen LogP contribution in [0.15, 0.2) is 10.2 Å². The van der Waals surface area contributed by atoms with Crippen LogP contribution in [0.1, 0.15) is 51.4 Å². The van der Waals surface area contributed by atoms with E-state index in [4.69, 9.17) is 12.2 Å². The summed E-state index contributed by atoms with van der Waals surface area (Å²) in [5.74, 6) is 2.86. The highest BCUT2D eigenvalue weighted by Crippen LogP contribution is 2.37. The van der Waals surface area contributed by atoms with Gasteiger partial charge in [-0.1, -0.05) is 0 Å². The lowest BCUT2D eigenvalue weighted by molar-refractivity contribution is -0.133. The van der Waals surface area contributed by atoms with Crippen LogP contribution in [-0.2, 0) is 9.59 Å². The molecule has 0 spiro atoms. The van der Waals surface area contributed by atoms with Crippen LogP contribution in [0.2, 0.25) is 0 Å². The number of nitrogens with zero attached hydrogens (tertiary/aromatic N) is 3. The van der Waals surface area contributed by atoms with Crippen molar-refractivity contribution in [3.05, 3.63) is 0 Å². The minimum atomic E-state index is -0.386. The van der Waals surface area contributed by atoms with Gasteiger partial charge in [-0.15, -0.1) is 12.3 Å². The van der Waals surface area contributed by atoms with Crippen molar-refractivity contribution in [2.24, 2.45) is 21.9 Å². The van der Waals surface area contributed by atoms with E-state index in [0.717, 1.165) is 38.8 Å². The van der Waals surface area contributed by atoms with E-state index in [1.54, 1.807) is 0 Å². The second kappa shape index (κ2) is 7.39. The fourth-order valence-corrected chi connectivity index (χ4v) is 3.01. The Labute approximate surface area is 131 Å². The van der Waals surface area contributed by atoms with Crippen LogP contribution in [0.5, 0.6) is 0 Å². The normalized spacial score (nSPS) is 22.1. The fraction of sp³-hybridized carbons (Fsp3) is 0.750. The first-order chi connectivity index (χ1) is 10.5. The maximum atomic E-state index is 12.3. The van der Waals surface area contributed by atoms with E-state index < -0.39 is 0 Å². The number of amides is 2. The Kier molecular flexibility index (Phi) is 5.53. The van der Waals surface area contributed by atoms with Crippen LogP contribution in [0, 0.1) is 18.3 Å². The largest absolute Gasteiger partial charge is 0.370 e. The Hall–Kier alpha value is -1.90. The summed E-state index contributed by atoms with van der Waals surface area (Å²) < 4.78 is 0. The molecule has 1 unspecified atom stereocenters. The number of terminal acetylenes is 1. The zero-order valence-corrected chi connectivity index (χ0v) is 13.0. The third-order valence-corrected chi connectivity index (χ3v) is 4.46. The second-order valence-corrected chi connectivity index (χ2v) is 6.24. The molecule has 0 bridgehead atoms. The van der Waals surface area contributed by atoms with E-state index in [0.29, 0.717) is 31.6 Å². The van der Waals surface area contributed by atoms with E-state index in [1.165, 1.54) is 0 Å². The van der Waals surface area contributed by atoms with E-state index >= 15 is 0 Å². The summed E-state index contributed by atoms with van der Waals surface area (Å²) in [6, 6.07) is 0. The molecule has 2 aliphatic heterocycles. The van der Waals surface area contributed by atoms with Crippen molar-refractivity contribution in [3.8, 4) is 12.3 Å². The van der Waals surface area contributed by atoms with Gasteiger partial charge in [-0.05, 0) is 25.2 Å². The van der Waals surface area contributed by atoms with Crippen LogP contribution >= 0.6 is 0 Å². The highest BCUT2D eigenvalue weighted by molar-refractivity contribution is 5.76. The summed E-state index contributed by atoms with van der Waals surface area (Å²) in [6.07, 6.45) is 11.0. The summed E-state index contributed by atoms with van der Waals surface area (Å²) in [4.78, 5) is 25.1. The Balaban J connectivity index is 1.73. The van der Waals surface area contributed by atoms with Crippen molar-refractivity contribution in [2.45, 2.75) is 57.0 Å². The van der Waals surface area contributed by atoms with E-state index in [2.05, 4.69) is 16.1 Å². The van der Waals surface area contributed by atoms with E-state index in [1.807, 2.05) is 4.90 Å². The zero-order chi connectivity index (χ0) is 16.0. The molecule has 2 aliphatic rings. The third kappa shape index (κ3) is 4.83. The molecule has 0 saturated carbocycles. The summed E-state index contributed by atoms with van der Waals surface area (Å²) in [6.45, 7) is 1.54. The molecule has 0 aromatic heterocycles. The Morgan fingerprint density at radius 2 is 2.09 bits per heavy atom. The first-order valence-corrected chi connectivity index (χ1v) is 7.98. The summed E-state index contributed by atoms with van der Waals surface area (Å²) in [7, 11) is 0. The average Bonchev–Trinajstić information content (AvgIpc) is 3.29. The van der Waals surface area contributed by atoms with Gasteiger partial charge in [0.15, 0.2) is 5.66 Å². The van der Waals surface area contributed by atoms with Gasteiger partial charge in [0.1, 0.15) is 0 Å². The maximum Gasteiger partial charge on any atom is 0.222 e. The standard InChI is InChI=1S/C16H24N4O2/c1-2-3-9-16(18-19-16)10-8-15(22)20-11-4-5-13(12-20)6-7-14(17)21/h1,13H,3-12H2,(H2,17,21). The molecule has 0 aromatic carbocycles. The average molecular weight is 304 g/mol. The molecule has 1 saturated heterocycles. The first-order valence-electron chi connectivity index (χ1n) is 7.98. The van der Waals surface area contributed by atoms with Crippen LogP contribution in [-0.4, -0.2) is 35.5 Å². The van der Waals surface area contributed by atoms with Crippen LogP contribution in [0.4, 0.5) is 0 Å². The number of carbonyl (C=O) groups is 2. The van der Waals surface area contributed by atoms with Gasteiger partial charge in [0.05, 0.1) is 0 Å². The van der Waals surface area contributed by atoms with E-state index in [9.17, 15) is 9.59 Å². The molecule has 0 radical (unpaired) electrons. The zero-order valence-electron chi connectivity index (χ0n) is 13.0. The van der Waals surface area contributed by atoms with Gasteiger partial charge in [0.2, 0.25) is 11.8 Å². The topological polar surface area (TPSA) is 88.1 Å². The number of hydrogen-bond donors (Lipinski definition) is 1. The Morgan fingerprint density at radius 3 is 2.73 bits per heavy atom. The number of likely N-dealkylation sites (tertiary alicyclic amines) is 1. The molecule has 6 heteroatoms. The lowest BCUT2D eigenvalue weighted by Gasteiger charge is -2.33. The van der Waals surface area contributed by atoms with Crippen LogP contribution < -0.4 is 5.73 Å². The number of carbonyl (C=O) groups excluding carboxylic acids is 2. The highest BCUT2D eigenvalue weighted by atomic mass is 16.2. The van der Waals surface area contributed by atoms with Crippen molar-refractivity contribution < 1.29 is 9.59 Å². The molecule has 0 aromatic rings. The SMILES string of the molecule is C#CCCC1(CCC(=O)N2CCCC(CCC(N)=O)C2)N=N1. The molecule has 6 nitrogen and oxygen atoms in total.